The molecule has 0 atom stereocenters. The molecule has 9 N–H and O–H groups in total. The fraction of sp³-hybridized carbons (Fsp3) is 0.164. The first-order chi connectivity index (χ1) is 39.9. The smallest absolute Gasteiger partial charge is 0.332 e. The van der Waals surface area contributed by atoms with Gasteiger partial charge in [0, 0.05) is 58.6 Å². The molecule has 11 aromatic rings. The number of halogens is 1. The van der Waals surface area contributed by atoms with Crippen LogP contribution < -0.4 is 28.1 Å². The maximum atomic E-state index is 10.8. The zero-order chi connectivity index (χ0) is 61.6. The van der Waals surface area contributed by atoms with E-state index in [2.05, 4.69) is 54.8 Å². The first-order valence-corrected chi connectivity index (χ1v) is 26.2. The number of thioether (sulfide) groups is 1. The second kappa shape index (κ2) is 30.7. The van der Waals surface area contributed by atoms with E-state index in [9.17, 15) is 39.9 Å². The van der Waals surface area contributed by atoms with Gasteiger partial charge in [-0.1, -0.05) is 35.9 Å². The highest BCUT2D eigenvalue weighted by Crippen LogP contribution is 2.24. The number of nitrogens with one attached hydrogen (secondary N) is 3. The third-order valence-corrected chi connectivity index (χ3v) is 11.7. The third-order valence-electron chi connectivity index (χ3n) is 10.7. The monoisotopic (exact) mass is 1180 g/mol. The summed E-state index contributed by atoms with van der Waals surface area (Å²) in [5.41, 5.74) is 26.1. The van der Waals surface area contributed by atoms with Crippen molar-refractivity contribution in [2.75, 3.05) is 23.5 Å². The number of anilines is 3. The van der Waals surface area contributed by atoms with E-state index in [1.165, 1.54) is 24.3 Å². The van der Waals surface area contributed by atoms with Crippen LogP contribution in [0.4, 0.5) is 40.1 Å². The lowest BCUT2D eigenvalue weighted by Crippen LogP contribution is -2.07. The van der Waals surface area contributed by atoms with Crippen LogP contribution in [0.1, 0.15) is 52.8 Å². The first kappa shape index (κ1) is 64.1. The molecule has 0 amide bonds. The molecule has 2 aromatic carbocycles. The Morgan fingerprint density at radius 3 is 1.69 bits per heavy atom. The molecule has 0 radical (unpaired) electrons. The maximum absolute atomic E-state index is 10.8. The predicted octanol–water partition coefficient (Wildman–Crippen LogP) is 10.9. The molecule has 0 aliphatic heterocycles. The number of aromatic nitrogens is 10. The number of pyridine rings is 6. The van der Waals surface area contributed by atoms with E-state index in [0.717, 1.165) is 79.8 Å². The van der Waals surface area contributed by atoms with E-state index >= 15 is 0 Å². The van der Waals surface area contributed by atoms with Gasteiger partial charge >= 0.3 is 23.1 Å². The highest BCUT2D eigenvalue weighted by atomic mass is 35.5. The van der Waals surface area contributed by atoms with Crippen molar-refractivity contribution >= 4 is 102 Å². The molecule has 9 aromatic heterocycles. The van der Waals surface area contributed by atoms with Gasteiger partial charge in [-0.25, -0.2) is 9.97 Å². The van der Waals surface area contributed by atoms with E-state index in [0.29, 0.717) is 46.8 Å². The fourth-order valence-corrected chi connectivity index (χ4v) is 7.06. The average molecular weight is 1180 g/mol. The van der Waals surface area contributed by atoms with Gasteiger partial charge < -0.3 is 41.0 Å². The van der Waals surface area contributed by atoms with E-state index in [1.54, 1.807) is 63.3 Å². The summed E-state index contributed by atoms with van der Waals surface area (Å²) in [6.07, 6.45) is 10.9. The number of hydrogen-bond acceptors (Lipinski definition) is 22. The molecule has 0 aliphatic rings. The van der Waals surface area contributed by atoms with Crippen LogP contribution in [0.15, 0.2) is 152 Å². The minimum Gasteiger partial charge on any atom is -0.440 e. The molecule has 29 heteroatoms. The summed E-state index contributed by atoms with van der Waals surface area (Å²) in [6.45, 7) is 12.7. The van der Waals surface area contributed by atoms with Gasteiger partial charge in [-0.05, 0) is 103 Å². The fourth-order valence-electron chi connectivity index (χ4n) is 6.61. The van der Waals surface area contributed by atoms with Crippen LogP contribution in [0.3, 0.4) is 0 Å². The largest absolute Gasteiger partial charge is 0.440 e. The van der Waals surface area contributed by atoms with Gasteiger partial charge in [0.25, 0.3) is 5.43 Å². The molecule has 9 heterocycles. The van der Waals surface area contributed by atoms with Crippen molar-refractivity contribution in [1.29, 1.82) is 0 Å². The highest BCUT2D eigenvalue weighted by Gasteiger charge is 2.14. The number of hydrogen-bond donors (Lipinski definition) is 6. The molecule has 84 heavy (non-hydrogen) atoms. The summed E-state index contributed by atoms with van der Waals surface area (Å²) in [5.74, 6) is 1.49. The Morgan fingerprint density at radius 1 is 0.619 bits per heavy atom. The van der Waals surface area contributed by atoms with Crippen LogP contribution in [0.2, 0.25) is 5.02 Å². The van der Waals surface area contributed by atoms with Crippen molar-refractivity contribution in [3.05, 3.63) is 230 Å². The van der Waals surface area contributed by atoms with Crippen LogP contribution in [0.5, 0.6) is 0 Å². The number of nitro groups is 3. The van der Waals surface area contributed by atoms with Crippen molar-refractivity contribution < 1.29 is 23.6 Å². The average Bonchev–Trinajstić information content (AvgIpc) is 4.02. The molecular weight excluding hydrogens is 1130 g/mol. The Bertz CT molecular complexity index is 4090. The molecule has 0 unspecified atom stereocenters. The van der Waals surface area contributed by atoms with E-state index in [1.807, 2.05) is 88.5 Å². The summed E-state index contributed by atoms with van der Waals surface area (Å²) in [4.78, 5) is 91.8. The number of imidazole rings is 1. The van der Waals surface area contributed by atoms with Crippen LogP contribution in [0, 0.1) is 71.9 Å². The first-order valence-electron chi connectivity index (χ1n) is 24.6. The number of H-pyrrole nitrogens is 3. The van der Waals surface area contributed by atoms with Gasteiger partial charge in [-0.3, -0.25) is 59.9 Å². The lowest BCUT2D eigenvalue weighted by atomic mass is 10.3. The van der Waals surface area contributed by atoms with Gasteiger partial charge in [0.05, 0.1) is 67.2 Å². The molecular formula is C55H56ClN17O10S. The Kier molecular flexibility index (Phi) is 23.4. The van der Waals surface area contributed by atoms with Gasteiger partial charge in [-0.2, -0.15) is 9.98 Å². The second-order valence-corrected chi connectivity index (χ2v) is 18.9. The van der Waals surface area contributed by atoms with Crippen molar-refractivity contribution in [2.45, 2.75) is 54.9 Å². The number of para-hydroxylation sites is 4. The van der Waals surface area contributed by atoms with Gasteiger partial charge in [0.2, 0.25) is 5.89 Å². The summed E-state index contributed by atoms with van der Waals surface area (Å²) in [5, 5.41) is 31.6. The number of aromatic amines is 3. The molecule has 0 aliphatic carbocycles. The molecule has 27 nitrogen and oxygen atoms in total. The molecule has 0 saturated carbocycles. The van der Waals surface area contributed by atoms with Gasteiger partial charge in [0.1, 0.15) is 40.0 Å². The van der Waals surface area contributed by atoms with Crippen molar-refractivity contribution in [3.8, 4) is 0 Å². The SMILES string of the molecule is CSC(C)=Nc1nc2ccccc2o1.Cc1cc(=O)c([N+](=O)[O-])c[nH]1.Cc1cc(=O)cc[nH]1.Cc1cc(Cl)c([N+](=O)[O-])cn1.Cc1cc(N)c(N)cn1.Cc1cc(N)c([N+](=O)[O-])cn1.Cc1cc2nc(Cc3nc4ccccc4o3)[nH]c2cn1. The summed E-state index contributed by atoms with van der Waals surface area (Å²) in [7, 11) is 0. The van der Waals surface area contributed by atoms with Gasteiger partial charge in [-0.15, -0.1) is 11.8 Å². The van der Waals surface area contributed by atoms with Crippen LogP contribution in [-0.4, -0.2) is 75.9 Å². The maximum Gasteiger partial charge on any atom is 0.332 e. The Hall–Kier alpha value is -10.7. The Labute approximate surface area is 486 Å². The molecule has 0 bridgehead atoms. The van der Waals surface area contributed by atoms with E-state index in [-0.39, 0.29) is 27.5 Å². The molecule has 0 fully saturated rings. The van der Waals surface area contributed by atoms with Crippen molar-refractivity contribution in [2.24, 2.45) is 4.99 Å². The zero-order valence-electron chi connectivity index (χ0n) is 46.4. The Morgan fingerprint density at radius 2 is 1.17 bits per heavy atom. The lowest BCUT2D eigenvalue weighted by Gasteiger charge is -1.97. The standard InChI is InChI=1S/C15H12N4O.C10H10N2OS.C6H5ClN2O2.C6H7N3O2.C6H9N3.C6H6N2O3.C6H7NO/c1-9-6-11-12(8-16-9)18-14(17-11)7-15-19-10-4-2-3-5-13(10)20-15;1-7(14-2)11-10-12-8-5-3-4-6-9(8)13-10;2*1-4-2-5(7)6(3-8-4)9(10)11;1-4-2-5(7)6(8)3-9-4;1-4-2-6(9)5(3-7-4)8(10)11;1-5-4-6(8)2-3-7-5/h2-6,8H,7H2,1H3,(H,17,18);3-6H,1-2H3;2-3H,1H3;2-3H,1H3,(H2,7,8);2-3H,8H2,1H3,(H2,7,9);2-3H,1H3,(H,7,9);2-4H,1H3,(H,7,8). The normalized spacial score (nSPS) is 10.4. The van der Waals surface area contributed by atoms with Crippen molar-refractivity contribution in [3.63, 3.8) is 0 Å². The van der Waals surface area contributed by atoms with Crippen LogP contribution in [0.25, 0.3) is 33.2 Å². The number of aliphatic imine (C=N–C) groups is 1. The van der Waals surface area contributed by atoms with E-state index in [4.69, 9.17) is 37.6 Å². The van der Waals surface area contributed by atoms with E-state index < -0.39 is 25.9 Å². The number of rotatable bonds is 6. The number of nitrogens with zero attached hydrogens (tertiary/aromatic N) is 11. The Balaban J connectivity index is 0.000000183. The summed E-state index contributed by atoms with van der Waals surface area (Å²) in [6, 6.07) is 26.7. The number of aryl methyl sites for hydroxylation is 6. The molecule has 434 valence electrons. The minimum atomic E-state index is -0.710. The van der Waals surface area contributed by atoms with Crippen molar-refractivity contribution in [1.82, 2.24) is 49.8 Å². The van der Waals surface area contributed by atoms with Crippen LogP contribution in [-0.2, 0) is 6.42 Å². The topological polar surface area (TPSA) is 418 Å². The summed E-state index contributed by atoms with van der Waals surface area (Å²) >= 11 is 7.12. The molecule has 11 rings (SSSR count). The third kappa shape index (κ3) is 20.1. The number of nitrogen functional groups attached to an aromatic ring is 3. The second-order valence-electron chi connectivity index (χ2n) is 17.5. The number of nitrogens with two attached hydrogens (primary N) is 3. The number of fused-ring (bicyclic) bond motifs is 3. The lowest BCUT2D eigenvalue weighted by molar-refractivity contribution is -0.386. The quantitative estimate of drug-likeness (QED) is 0.0390. The van der Waals surface area contributed by atoms with Gasteiger partial charge in [0.15, 0.2) is 16.6 Å². The molecule has 0 saturated heterocycles. The number of oxazole rings is 2. The number of benzene rings is 2. The summed E-state index contributed by atoms with van der Waals surface area (Å²) < 4.78 is 11.1. The molecule has 0 spiro atoms. The zero-order valence-corrected chi connectivity index (χ0v) is 47.9. The predicted molar refractivity (Wildman–Crippen MR) is 324 cm³/mol. The van der Waals surface area contributed by atoms with Crippen LogP contribution >= 0.6 is 23.4 Å². The highest BCUT2D eigenvalue weighted by molar-refractivity contribution is 8.13. The minimum absolute atomic E-state index is 0.0567.